The third-order valence-electron chi connectivity index (χ3n) is 2.20. The van der Waals surface area contributed by atoms with Gasteiger partial charge in [0.25, 0.3) is 0 Å². The summed E-state index contributed by atoms with van der Waals surface area (Å²) in [6.07, 6.45) is 3.32. The van der Waals surface area contributed by atoms with Crippen molar-refractivity contribution in [1.82, 2.24) is 5.43 Å². The van der Waals surface area contributed by atoms with Crippen LogP contribution in [0.25, 0.3) is 0 Å². The van der Waals surface area contributed by atoms with Gasteiger partial charge >= 0.3 is 0 Å². The minimum Gasteiger partial charge on any atom is -0.271 e. The number of benzene rings is 1. The zero-order chi connectivity index (χ0) is 9.52. The Balaban J connectivity index is 2.46. The van der Waals surface area contributed by atoms with E-state index >= 15 is 0 Å². The Hall–Kier alpha value is -0.860. The predicted octanol–water partition coefficient (Wildman–Crippen LogP) is 1.86. The molecule has 1 rings (SSSR count). The van der Waals surface area contributed by atoms with E-state index in [4.69, 9.17) is 5.84 Å². The maximum absolute atomic E-state index is 5.46. The van der Waals surface area contributed by atoms with E-state index in [1.165, 1.54) is 12.0 Å². The first-order valence-corrected chi connectivity index (χ1v) is 4.87. The zero-order valence-electron chi connectivity index (χ0n) is 8.16. The van der Waals surface area contributed by atoms with Crippen molar-refractivity contribution in [2.45, 2.75) is 32.2 Å². The highest BCUT2D eigenvalue weighted by Gasteiger charge is 2.05. The van der Waals surface area contributed by atoms with Gasteiger partial charge in [0.15, 0.2) is 0 Å². The Morgan fingerprint density at radius 2 is 2.00 bits per heavy atom. The quantitative estimate of drug-likeness (QED) is 0.533. The van der Waals surface area contributed by atoms with Gasteiger partial charge in [-0.2, -0.15) is 0 Å². The molecule has 0 heterocycles. The molecule has 0 aromatic heterocycles. The normalized spacial score (nSPS) is 12.8. The maximum atomic E-state index is 5.46. The van der Waals surface area contributed by atoms with Gasteiger partial charge in [0.2, 0.25) is 0 Å². The molecule has 0 radical (unpaired) electrons. The first-order valence-electron chi connectivity index (χ1n) is 4.87. The first kappa shape index (κ1) is 10.2. The molecule has 0 amide bonds. The van der Waals surface area contributed by atoms with Gasteiger partial charge < -0.3 is 0 Å². The summed E-state index contributed by atoms with van der Waals surface area (Å²) in [7, 11) is 0. The number of hydrogen-bond acceptors (Lipinski definition) is 2. The molecule has 0 saturated carbocycles. The van der Waals surface area contributed by atoms with E-state index in [9.17, 15) is 0 Å². The van der Waals surface area contributed by atoms with Crippen LogP contribution in [0.4, 0.5) is 0 Å². The number of nitrogens with one attached hydrogen (secondary N) is 1. The van der Waals surface area contributed by atoms with Crippen LogP contribution in [-0.2, 0) is 6.42 Å². The van der Waals surface area contributed by atoms with E-state index in [0.717, 1.165) is 12.8 Å². The molecular weight excluding hydrogens is 160 g/mol. The highest BCUT2D eigenvalue weighted by molar-refractivity contribution is 5.15. The van der Waals surface area contributed by atoms with Crippen LogP contribution in [0.1, 0.15) is 25.3 Å². The van der Waals surface area contributed by atoms with Crippen LogP contribution in [0.5, 0.6) is 0 Å². The Bertz CT molecular complexity index is 221. The second kappa shape index (κ2) is 5.73. The molecule has 0 bridgehead atoms. The molecular formula is C11H18N2. The van der Waals surface area contributed by atoms with E-state index < -0.39 is 0 Å². The van der Waals surface area contributed by atoms with Gasteiger partial charge in [0, 0.05) is 6.04 Å². The SMILES string of the molecule is CCCC(Cc1ccccc1)NN. The van der Waals surface area contributed by atoms with E-state index in [2.05, 4.69) is 36.6 Å². The predicted molar refractivity (Wildman–Crippen MR) is 56.2 cm³/mol. The fraction of sp³-hybridized carbons (Fsp3) is 0.455. The molecule has 2 nitrogen and oxygen atoms in total. The van der Waals surface area contributed by atoms with Gasteiger partial charge in [-0.1, -0.05) is 43.7 Å². The number of hydrazine groups is 1. The number of hydrogen-bond donors (Lipinski definition) is 2. The van der Waals surface area contributed by atoms with Gasteiger partial charge in [0.1, 0.15) is 0 Å². The summed E-state index contributed by atoms with van der Waals surface area (Å²) in [6, 6.07) is 10.9. The fourth-order valence-electron chi connectivity index (χ4n) is 1.49. The van der Waals surface area contributed by atoms with E-state index in [1.807, 2.05) is 6.07 Å². The molecule has 1 aromatic rings. The third-order valence-corrected chi connectivity index (χ3v) is 2.20. The Kier molecular flexibility index (Phi) is 4.50. The molecule has 1 aromatic carbocycles. The first-order chi connectivity index (χ1) is 6.36. The Morgan fingerprint density at radius 3 is 2.54 bits per heavy atom. The standard InChI is InChI=1S/C11H18N2/c1-2-6-11(13-12)9-10-7-4-3-5-8-10/h3-5,7-8,11,13H,2,6,9,12H2,1H3. The molecule has 0 aliphatic rings. The summed E-state index contributed by atoms with van der Waals surface area (Å²) in [5.41, 5.74) is 4.20. The maximum Gasteiger partial charge on any atom is 0.0250 e. The summed E-state index contributed by atoms with van der Waals surface area (Å²) >= 11 is 0. The molecule has 1 unspecified atom stereocenters. The Morgan fingerprint density at radius 1 is 1.31 bits per heavy atom. The second-order valence-electron chi connectivity index (χ2n) is 3.34. The number of nitrogens with two attached hydrogens (primary N) is 1. The Labute approximate surface area is 80.1 Å². The van der Waals surface area contributed by atoms with Crippen LogP contribution in [0, 0.1) is 0 Å². The summed E-state index contributed by atoms with van der Waals surface area (Å²) < 4.78 is 0. The minimum atomic E-state index is 0.410. The second-order valence-corrected chi connectivity index (χ2v) is 3.34. The highest BCUT2D eigenvalue weighted by atomic mass is 15.2. The summed E-state index contributed by atoms with van der Waals surface area (Å²) in [4.78, 5) is 0. The molecule has 3 N–H and O–H groups in total. The zero-order valence-corrected chi connectivity index (χ0v) is 8.16. The molecule has 0 aliphatic heterocycles. The summed E-state index contributed by atoms with van der Waals surface area (Å²) in [5, 5.41) is 0. The van der Waals surface area contributed by atoms with Crippen LogP contribution in [0.2, 0.25) is 0 Å². The molecule has 0 fully saturated rings. The molecule has 0 spiro atoms. The molecule has 2 heteroatoms. The number of rotatable bonds is 5. The molecule has 13 heavy (non-hydrogen) atoms. The minimum absolute atomic E-state index is 0.410. The van der Waals surface area contributed by atoms with Crippen molar-refractivity contribution in [3.8, 4) is 0 Å². The molecule has 1 atom stereocenters. The molecule has 72 valence electrons. The molecule has 0 saturated heterocycles. The van der Waals surface area contributed by atoms with Gasteiger partial charge in [0.05, 0.1) is 0 Å². The fourth-order valence-corrected chi connectivity index (χ4v) is 1.49. The van der Waals surface area contributed by atoms with Gasteiger partial charge in [-0.15, -0.1) is 0 Å². The van der Waals surface area contributed by atoms with Crippen molar-refractivity contribution in [3.63, 3.8) is 0 Å². The van der Waals surface area contributed by atoms with Crippen LogP contribution in [-0.4, -0.2) is 6.04 Å². The topological polar surface area (TPSA) is 38.0 Å². The van der Waals surface area contributed by atoms with Gasteiger partial charge in [-0.3, -0.25) is 11.3 Å². The van der Waals surface area contributed by atoms with Crippen LogP contribution in [0.3, 0.4) is 0 Å². The average molecular weight is 178 g/mol. The lowest BCUT2D eigenvalue weighted by Crippen LogP contribution is -2.36. The van der Waals surface area contributed by atoms with Crippen molar-refractivity contribution >= 4 is 0 Å². The van der Waals surface area contributed by atoms with Crippen molar-refractivity contribution in [2.24, 2.45) is 5.84 Å². The van der Waals surface area contributed by atoms with Crippen molar-refractivity contribution < 1.29 is 0 Å². The third kappa shape index (κ3) is 3.57. The van der Waals surface area contributed by atoms with Crippen LogP contribution in [0.15, 0.2) is 30.3 Å². The largest absolute Gasteiger partial charge is 0.271 e. The van der Waals surface area contributed by atoms with Crippen LogP contribution >= 0.6 is 0 Å². The van der Waals surface area contributed by atoms with Gasteiger partial charge in [-0.05, 0) is 18.4 Å². The lowest BCUT2D eigenvalue weighted by Gasteiger charge is -2.14. The van der Waals surface area contributed by atoms with Crippen molar-refractivity contribution in [2.75, 3.05) is 0 Å². The smallest absolute Gasteiger partial charge is 0.0250 e. The van der Waals surface area contributed by atoms with E-state index in [0.29, 0.717) is 6.04 Å². The van der Waals surface area contributed by atoms with E-state index in [1.54, 1.807) is 0 Å². The molecule has 0 aliphatic carbocycles. The van der Waals surface area contributed by atoms with Crippen LogP contribution < -0.4 is 11.3 Å². The average Bonchev–Trinajstić information content (AvgIpc) is 2.19. The lowest BCUT2D eigenvalue weighted by molar-refractivity contribution is 0.486. The highest BCUT2D eigenvalue weighted by Crippen LogP contribution is 2.06. The lowest BCUT2D eigenvalue weighted by atomic mass is 10.0. The summed E-state index contributed by atoms with van der Waals surface area (Å²) in [6.45, 7) is 2.18. The van der Waals surface area contributed by atoms with Crippen molar-refractivity contribution in [1.29, 1.82) is 0 Å². The van der Waals surface area contributed by atoms with E-state index in [-0.39, 0.29) is 0 Å². The van der Waals surface area contributed by atoms with Gasteiger partial charge in [-0.25, -0.2) is 0 Å². The monoisotopic (exact) mass is 178 g/mol. The summed E-state index contributed by atoms with van der Waals surface area (Å²) in [5.74, 6) is 5.46. The van der Waals surface area contributed by atoms with Crippen molar-refractivity contribution in [3.05, 3.63) is 35.9 Å².